The van der Waals surface area contributed by atoms with Gasteiger partial charge in [0.05, 0.1) is 23.7 Å². The van der Waals surface area contributed by atoms with Crippen molar-refractivity contribution in [2.75, 3.05) is 11.9 Å². The molecule has 18 heavy (non-hydrogen) atoms. The Morgan fingerprint density at radius 3 is 2.72 bits per heavy atom. The van der Waals surface area contributed by atoms with Gasteiger partial charge in [-0.3, -0.25) is 4.79 Å². The summed E-state index contributed by atoms with van der Waals surface area (Å²) in [6.45, 7) is 1.46. The first kappa shape index (κ1) is 14.5. The lowest BCUT2D eigenvalue weighted by Gasteiger charge is -2.09. The van der Waals surface area contributed by atoms with Gasteiger partial charge in [0.25, 0.3) is 0 Å². The van der Waals surface area contributed by atoms with Gasteiger partial charge in [-0.1, -0.05) is 23.7 Å². The first-order chi connectivity index (χ1) is 8.50. The van der Waals surface area contributed by atoms with Crippen molar-refractivity contribution in [2.45, 2.75) is 19.4 Å². The zero-order valence-corrected chi connectivity index (χ0v) is 10.6. The molecule has 6 heteroatoms. The SMILES string of the molecule is C[C@@H](OCCC(=O)Nc1ccccc1Cl)C(=O)O. The van der Waals surface area contributed by atoms with E-state index in [1.807, 2.05) is 0 Å². The van der Waals surface area contributed by atoms with E-state index >= 15 is 0 Å². The lowest BCUT2D eigenvalue weighted by molar-refractivity contribution is -0.149. The third-order valence-corrected chi connectivity index (χ3v) is 2.52. The summed E-state index contributed by atoms with van der Waals surface area (Å²) in [5.74, 6) is -1.33. The predicted octanol–water partition coefficient (Wildman–Crippen LogP) is 2.16. The first-order valence-electron chi connectivity index (χ1n) is 5.39. The van der Waals surface area contributed by atoms with Gasteiger partial charge < -0.3 is 15.2 Å². The minimum absolute atomic E-state index is 0.0454. The maximum absolute atomic E-state index is 11.5. The van der Waals surface area contributed by atoms with Gasteiger partial charge in [0.2, 0.25) is 5.91 Å². The maximum Gasteiger partial charge on any atom is 0.332 e. The van der Waals surface area contributed by atoms with Crippen molar-refractivity contribution in [3.63, 3.8) is 0 Å². The van der Waals surface area contributed by atoms with E-state index in [9.17, 15) is 9.59 Å². The molecule has 0 saturated carbocycles. The molecule has 0 saturated heterocycles. The molecule has 0 bridgehead atoms. The number of anilines is 1. The summed E-state index contributed by atoms with van der Waals surface area (Å²) >= 11 is 5.87. The van der Waals surface area contributed by atoms with Crippen LogP contribution in [-0.2, 0) is 14.3 Å². The number of ether oxygens (including phenoxy) is 1. The minimum atomic E-state index is -1.05. The Balaban J connectivity index is 2.35. The van der Waals surface area contributed by atoms with E-state index in [1.54, 1.807) is 24.3 Å². The molecule has 0 aromatic heterocycles. The number of amides is 1. The van der Waals surface area contributed by atoms with Gasteiger partial charge in [0.1, 0.15) is 0 Å². The normalized spacial score (nSPS) is 11.9. The number of carboxylic acids is 1. The number of para-hydroxylation sites is 1. The molecular formula is C12H14ClNO4. The second-order valence-electron chi connectivity index (χ2n) is 3.63. The average molecular weight is 272 g/mol. The fourth-order valence-corrected chi connectivity index (χ4v) is 1.36. The smallest absolute Gasteiger partial charge is 0.332 e. The van der Waals surface area contributed by atoms with Crippen molar-refractivity contribution in [1.29, 1.82) is 0 Å². The third kappa shape index (κ3) is 4.73. The fourth-order valence-electron chi connectivity index (χ4n) is 1.17. The van der Waals surface area contributed by atoms with E-state index in [1.165, 1.54) is 6.92 Å². The van der Waals surface area contributed by atoms with E-state index in [2.05, 4.69) is 5.32 Å². The summed E-state index contributed by atoms with van der Waals surface area (Å²) < 4.78 is 4.95. The molecule has 0 aliphatic heterocycles. The number of carbonyl (C=O) groups is 2. The van der Waals surface area contributed by atoms with Crippen molar-refractivity contribution < 1.29 is 19.4 Å². The molecule has 5 nitrogen and oxygen atoms in total. The summed E-state index contributed by atoms with van der Waals surface area (Å²) in [6, 6.07) is 6.86. The highest BCUT2D eigenvalue weighted by Gasteiger charge is 2.12. The van der Waals surface area contributed by atoms with E-state index in [0.717, 1.165) is 0 Å². The molecule has 1 aromatic rings. The van der Waals surface area contributed by atoms with Crippen LogP contribution in [0.25, 0.3) is 0 Å². The van der Waals surface area contributed by atoms with Crippen LogP contribution in [0.1, 0.15) is 13.3 Å². The second-order valence-corrected chi connectivity index (χ2v) is 4.04. The van der Waals surface area contributed by atoms with Crippen LogP contribution >= 0.6 is 11.6 Å². The van der Waals surface area contributed by atoms with Crippen LogP contribution in [-0.4, -0.2) is 29.7 Å². The first-order valence-corrected chi connectivity index (χ1v) is 5.77. The van der Waals surface area contributed by atoms with Gasteiger partial charge in [0.15, 0.2) is 6.10 Å². The lowest BCUT2D eigenvalue weighted by atomic mass is 10.3. The van der Waals surface area contributed by atoms with Gasteiger partial charge in [-0.05, 0) is 19.1 Å². The highest BCUT2D eigenvalue weighted by Crippen LogP contribution is 2.20. The number of carboxylic acid groups (broad SMARTS) is 1. The highest BCUT2D eigenvalue weighted by molar-refractivity contribution is 6.33. The van der Waals surface area contributed by atoms with Crippen molar-refractivity contribution in [3.8, 4) is 0 Å². The molecule has 98 valence electrons. The molecule has 0 aliphatic carbocycles. The van der Waals surface area contributed by atoms with Gasteiger partial charge in [0, 0.05) is 0 Å². The Morgan fingerprint density at radius 2 is 2.11 bits per heavy atom. The number of benzene rings is 1. The van der Waals surface area contributed by atoms with Crippen molar-refractivity contribution in [3.05, 3.63) is 29.3 Å². The van der Waals surface area contributed by atoms with Gasteiger partial charge >= 0.3 is 5.97 Å². The summed E-state index contributed by atoms with van der Waals surface area (Å²) in [5.41, 5.74) is 0.524. The van der Waals surface area contributed by atoms with Crippen LogP contribution in [0, 0.1) is 0 Å². The number of hydrogen-bond acceptors (Lipinski definition) is 3. The summed E-state index contributed by atoms with van der Waals surface area (Å²) in [4.78, 5) is 22.0. The zero-order valence-electron chi connectivity index (χ0n) is 9.85. The molecule has 1 amide bonds. The van der Waals surface area contributed by atoms with Crippen LogP contribution in [0.2, 0.25) is 5.02 Å². The van der Waals surface area contributed by atoms with Gasteiger partial charge in [-0.15, -0.1) is 0 Å². The van der Waals surface area contributed by atoms with Crippen LogP contribution in [0.15, 0.2) is 24.3 Å². The van der Waals surface area contributed by atoms with Crippen molar-refractivity contribution in [1.82, 2.24) is 0 Å². The molecule has 1 aromatic carbocycles. The number of halogens is 1. The Bertz CT molecular complexity index is 436. The van der Waals surface area contributed by atoms with Crippen molar-refractivity contribution >= 4 is 29.2 Å². The lowest BCUT2D eigenvalue weighted by Crippen LogP contribution is -2.22. The number of rotatable bonds is 6. The summed E-state index contributed by atoms with van der Waals surface area (Å²) in [6.07, 6.45) is -0.846. The fraction of sp³-hybridized carbons (Fsp3) is 0.333. The zero-order chi connectivity index (χ0) is 13.5. The van der Waals surface area contributed by atoms with E-state index in [4.69, 9.17) is 21.4 Å². The van der Waals surface area contributed by atoms with Crippen LogP contribution in [0.5, 0.6) is 0 Å². The molecule has 0 radical (unpaired) electrons. The van der Waals surface area contributed by atoms with E-state index in [-0.39, 0.29) is 18.9 Å². The topological polar surface area (TPSA) is 75.6 Å². The van der Waals surface area contributed by atoms with Crippen molar-refractivity contribution in [2.24, 2.45) is 0 Å². The second kappa shape index (κ2) is 6.98. The van der Waals surface area contributed by atoms with Gasteiger partial charge in [-0.25, -0.2) is 4.79 Å². The maximum atomic E-state index is 11.5. The molecule has 1 atom stereocenters. The molecule has 0 spiro atoms. The Morgan fingerprint density at radius 1 is 1.44 bits per heavy atom. The van der Waals surface area contributed by atoms with Crippen LogP contribution < -0.4 is 5.32 Å². The highest BCUT2D eigenvalue weighted by atomic mass is 35.5. The summed E-state index contributed by atoms with van der Waals surface area (Å²) in [7, 11) is 0. The third-order valence-electron chi connectivity index (χ3n) is 2.19. The molecule has 1 rings (SSSR count). The van der Waals surface area contributed by atoms with E-state index < -0.39 is 12.1 Å². The molecule has 0 aliphatic rings. The standard InChI is InChI=1S/C12H14ClNO4/c1-8(12(16)17)18-7-6-11(15)14-10-5-3-2-4-9(10)13/h2-5,8H,6-7H2,1H3,(H,14,15)(H,16,17)/t8-/m1/s1. The van der Waals surface area contributed by atoms with Gasteiger partial charge in [-0.2, -0.15) is 0 Å². The number of nitrogens with one attached hydrogen (secondary N) is 1. The largest absolute Gasteiger partial charge is 0.479 e. The Kier molecular flexibility index (Phi) is 5.61. The number of aliphatic carboxylic acids is 1. The van der Waals surface area contributed by atoms with Crippen LogP contribution in [0.4, 0.5) is 5.69 Å². The summed E-state index contributed by atoms with van der Waals surface area (Å²) in [5, 5.41) is 11.6. The number of carbonyl (C=O) groups excluding carboxylic acids is 1. The quantitative estimate of drug-likeness (QED) is 0.831. The Hall–Kier alpha value is -1.59. The minimum Gasteiger partial charge on any atom is -0.479 e. The molecule has 2 N–H and O–H groups in total. The molecule has 0 unspecified atom stereocenters. The molecular weight excluding hydrogens is 258 g/mol. The Labute approximate surface area is 110 Å². The molecule has 0 fully saturated rings. The number of hydrogen-bond donors (Lipinski definition) is 2. The molecule has 0 heterocycles. The van der Waals surface area contributed by atoms with Crippen LogP contribution in [0.3, 0.4) is 0 Å². The monoisotopic (exact) mass is 271 g/mol. The predicted molar refractivity (Wildman–Crippen MR) is 67.7 cm³/mol. The van der Waals surface area contributed by atoms with E-state index in [0.29, 0.717) is 10.7 Å². The average Bonchev–Trinajstić information content (AvgIpc) is 2.32.